The van der Waals surface area contributed by atoms with E-state index < -0.39 is 0 Å². The highest BCUT2D eigenvalue weighted by Gasteiger charge is 2.16. The van der Waals surface area contributed by atoms with Gasteiger partial charge in [0.1, 0.15) is 11.5 Å². The van der Waals surface area contributed by atoms with Crippen LogP contribution in [0.4, 0.5) is 0 Å². The van der Waals surface area contributed by atoms with Crippen LogP contribution < -0.4 is 5.56 Å². The number of hydrogen-bond acceptors (Lipinski definition) is 5. The molecule has 0 saturated carbocycles. The molecule has 1 saturated heterocycles. The average molecular weight is 375 g/mol. The van der Waals surface area contributed by atoms with E-state index in [-0.39, 0.29) is 5.56 Å². The van der Waals surface area contributed by atoms with Crippen LogP contribution in [0.5, 0.6) is 0 Å². The first-order valence-electron chi connectivity index (χ1n) is 9.79. The van der Waals surface area contributed by atoms with E-state index in [9.17, 15) is 4.79 Å². The molecule has 144 valence electrons. The second-order valence-corrected chi connectivity index (χ2v) is 7.65. The van der Waals surface area contributed by atoms with Gasteiger partial charge in [-0.15, -0.1) is 0 Å². The van der Waals surface area contributed by atoms with Crippen molar-refractivity contribution in [2.24, 2.45) is 5.92 Å². The van der Waals surface area contributed by atoms with Crippen LogP contribution in [0, 0.1) is 12.8 Å². The fourth-order valence-corrected chi connectivity index (χ4v) is 3.88. The molecule has 1 atom stereocenters. The fraction of sp³-hybridized carbons (Fsp3) is 0.364. The first-order chi connectivity index (χ1) is 13.6. The highest BCUT2D eigenvalue weighted by atomic mass is 16.1. The van der Waals surface area contributed by atoms with Gasteiger partial charge in [-0.2, -0.15) is 0 Å². The molecule has 0 amide bonds. The first-order valence-corrected chi connectivity index (χ1v) is 9.79. The Bertz CT molecular complexity index is 1030. The lowest BCUT2D eigenvalue weighted by Gasteiger charge is -2.30. The van der Waals surface area contributed by atoms with Gasteiger partial charge in [-0.1, -0.05) is 25.1 Å². The van der Waals surface area contributed by atoms with Gasteiger partial charge in [0.2, 0.25) is 0 Å². The number of aromatic amines is 1. The van der Waals surface area contributed by atoms with Crippen LogP contribution in [-0.4, -0.2) is 37.9 Å². The molecule has 4 rings (SSSR count). The van der Waals surface area contributed by atoms with Crippen LogP contribution >= 0.6 is 0 Å². The van der Waals surface area contributed by atoms with E-state index in [1.807, 2.05) is 19.1 Å². The van der Waals surface area contributed by atoms with E-state index >= 15 is 0 Å². The monoisotopic (exact) mass is 375 g/mol. The molecule has 2 aromatic heterocycles. The number of hydrogen-bond donors (Lipinski definition) is 1. The topological polar surface area (TPSA) is 74.8 Å². The van der Waals surface area contributed by atoms with Crippen molar-refractivity contribution in [2.75, 3.05) is 13.1 Å². The van der Waals surface area contributed by atoms with Gasteiger partial charge in [-0.3, -0.25) is 19.7 Å². The molecule has 1 N–H and O–H groups in total. The highest BCUT2D eigenvalue weighted by Crippen LogP contribution is 2.22. The van der Waals surface area contributed by atoms with Gasteiger partial charge in [-0.25, -0.2) is 4.98 Å². The van der Waals surface area contributed by atoms with Gasteiger partial charge in [-0.05, 0) is 43.9 Å². The zero-order valence-corrected chi connectivity index (χ0v) is 16.4. The molecule has 1 fully saturated rings. The third-order valence-corrected chi connectivity index (χ3v) is 5.21. The van der Waals surface area contributed by atoms with Gasteiger partial charge in [0.25, 0.3) is 5.56 Å². The van der Waals surface area contributed by atoms with Crippen LogP contribution in [-0.2, 0) is 6.54 Å². The summed E-state index contributed by atoms with van der Waals surface area (Å²) in [6.45, 7) is 7.39. The Balaban J connectivity index is 1.64. The standard InChI is InChI=1S/C22H25N5O/c1-15-5-4-10-27(13-15)14-17-6-3-7-18(11-17)22-25-19(12-20(28)26-22)21-16(2)23-8-9-24-21/h3,6-9,11-12,15H,4-5,10,13-14H2,1-2H3,(H,25,26,28). The van der Waals surface area contributed by atoms with E-state index in [0.29, 0.717) is 17.2 Å². The molecule has 3 heterocycles. The van der Waals surface area contributed by atoms with Crippen molar-refractivity contribution in [3.05, 3.63) is 64.3 Å². The molecule has 1 aliphatic heterocycles. The molecule has 28 heavy (non-hydrogen) atoms. The zero-order chi connectivity index (χ0) is 19.5. The molecule has 1 aliphatic rings. The zero-order valence-electron chi connectivity index (χ0n) is 16.4. The molecule has 1 unspecified atom stereocenters. The first kappa shape index (κ1) is 18.5. The summed E-state index contributed by atoms with van der Waals surface area (Å²) < 4.78 is 0. The summed E-state index contributed by atoms with van der Waals surface area (Å²) >= 11 is 0. The van der Waals surface area contributed by atoms with E-state index in [2.05, 4.69) is 43.9 Å². The molecule has 6 nitrogen and oxygen atoms in total. The van der Waals surface area contributed by atoms with E-state index in [1.165, 1.54) is 24.5 Å². The quantitative estimate of drug-likeness (QED) is 0.756. The summed E-state index contributed by atoms with van der Waals surface area (Å²) in [5.74, 6) is 1.31. The number of nitrogens with one attached hydrogen (secondary N) is 1. The molecule has 0 radical (unpaired) electrons. The second-order valence-electron chi connectivity index (χ2n) is 7.65. The third kappa shape index (κ3) is 4.17. The SMILES string of the molecule is Cc1nccnc1-c1cc(=O)[nH]c(-c2cccc(CN3CCCC(C)C3)c2)n1. The minimum atomic E-state index is -0.194. The van der Waals surface area contributed by atoms with Gasteiger partial charge < -0.3 is 4.98 Å². The summed E-state index contributed by atoms with van der Waals surface area (Å²) in [4.78, 5) is 30.9. The number of H-pyrrole nitrogens is 1. The number of nitrogens with zero attached hydrogens (tertiary/aromatic N) is 4. The van der Waals surface area contributed by atoms with E-state index in [4.69, 9.17) is 0 Å². The summed E-state index contributed by atoms with van der Waals surface area (Å²) in [7, 11) is 0. The lowest BCUT2D eigenvalue weighted by molar-refractivity contribution is 0.176. The summed E-state index contributed by atoms with van der Waals surface area (Å²) in [5, 5.41) is 0. The van der Waals surface area contributed by atoms with Crippen molar-refractivity contribution >= 4 is 0 Å². The maximum Gasteiger partial charge on any atom is 0.251 e. The van der Waals surface area contributed by atoms with Crippen LogP contribution in [0.2, 0.25) is 0 Å². The predicted molar refractivity (Wildman–Crippen MR) is 110 cm³/mol. The highest BCUT2D eigenvalue weighted by molar-refractivity contribution is 5.62. The summed E-state index contributed by atoms with van der Waals surface area (Å²) in [6.07, 6.45) is 5.83. The molecular formula is C22H25N5O. The lowest BCUT2D eigenvalue weighted by Crippen LogP contribution is -2.33. The van der Waals surface area contributed by atoms with Crippen molar-refractivity contribution < 1.29 is 0 Å². The molecule has 1 aromatic carbocycles. The number of aromatic nitrogens is 4. The second kappa shape index (κ2) is 8.02. The van der Waals surface area contributed by atoms with Crippen molar-refractivity contribution in [3.8, 4) is 22.8 Å². The van der Waals surface area contributed by atoms with Gasteiger partial charge in [0, 0.05) is 37.1 Å². The molecule has 6 heteroatoms. The Morgan fingerprint density at radius 2 is 2.07 bits per heavy atom. The minimum absolute atomic E-state index is 0.194. The number of aryl methyl sites for hydroxylation is 1. The minimum Gasteiger partial charge on any atom is -0.306 e. The van der Waals surface area contributed by atoms with Crippen molar-refractivity contribution in [2.45, 2.75) is 33.2 Å². The largest absolute Gasteiger partial charge is 0.306 e. The molecule has 0 spiro atoms. The van der Waals surface area contributed by atoms with Crippen molar-refractivity contribution in [1.82, 2.24) is 24.8 Å². The number of likely N-dealkylation sites (tertiary alicyclic amines) is 1. The smallest absolute Gasteiger partial charge is 0.251 e. The van der Waals surface area contributed by atoms with Crippen LogP contribution in [0.15, 0.2) is 47.5 Å². The third-order valence-electron chi connectivity index (χ3n) is 5.21. The number of rotatable bonds is 4. The van der Waals surface area contributed by atoms with Gasteiger partial charge >= 0.3 is 0 Å². The summed E-state index contributed by atoms with van der Waals surface area (Å²) in [6, 6.07) is 9.73. The van der Waals surface area contributed by atoms with E-state index in [1.54, 1.807) is 12.4 Å². The molecule has 3 aromatic rings. The Hall–Kier alpha value is -2.86. The van der Waals surface area contributed by atoms with Crippen molar-refractivity contribution in [1.29, 1.82) is 0 Å². The average Bonchev–Trinajstić information content (AvgIpc) is 2.68. The van der Waals surface area contributed by atoms with E-state index in [0.717, 1.165) is 36.8 Å². The summed E-state index contributed by atoms with van der Waals surface area (Å²) in [5.41, 5.74) is 3.87. The predicted octanol–water partition coefficient (Wildman–Crippen LogP) is 3.43. The van der Waals surface area contributed by atoms with Crippen LogP contribution in [0.1, 0.15) is 31.0 Å². The molecule has 0 aliphatic carbocycles. The Morgan fingerprint density at radius 1 is 1.21 bits per heavy atom. The molecule has 0 bridgehead atoms. The Labute approximate surface area is 164 Å². The van der Waals surface area contributed by atoms with Crippen molar-refractivity contribution in [3.63, 3.8) is 0 Å². The van der Waals surface area contributed by atoms with Gasteiger partial charge in [0.05, 0.1) is 11.4 Å². The normalized spacial score (nSPS) is 17.6. The van der Waals surface area contributed by atoms with Gasteiger partial charge in [0.15, 0.2) is 0 Å². The molecular weight excluding hydrogens is 350 g/mol. The Morgan fingerprint density at radius 3 is 2.89 bits per heavy atom. The van der Waals surface area contributed by atoms with Crippen LogP contribution in [0.25, 0.3) is 22.8 Å². The number of benzene rings is 1. The maximum atomic E-state index is 12.3. The number of piperidine rings is 1. The fourth-order valence-electron chi connectivity index (χ4n) is 3.88. The van der Waals surface area contributed by atoms with Crippen LogP contribution in [0.3, 0.4) is 0 Å². The maximum absolute atomic E-state index is 12.3. The Kier molecular flexibility index (Phi) is 5.30. The lowest BCUT2D eigenvalue weighted by atomic mass is 9.99.